The summed E-state index contributed by atoms with van der Waals surface area (Å²) in [5, 5.41) is 7.57. The van der Waals surface area contributed by atoms with Crippen LogP contribution in [0.5, 0.6) is 0 Å². The van der Waals surface area contributed by atoms with Gasteiger partial charge in [-0.25, -0.2) is 9.59 Å². The highest BCUT2D eigenvalue weighted by molar-refractivity contribution is 7.20. The number of benzene rings is 1. The average molecular weight is 535 g/mol. The number of anilines is 1. The second-order valence-electron chi connectivity index (χ2n) is 8.74. The third-order valence-corrected chi connectivity index (χ3v) is 8.82. The Kier molecular flexibility index (Phi) is 7.73. The predicted molar refractivity (Wildman–Crippen MR) is 150 cm³/mol. The van der Waals surface area contributed by atoms with Gasteiger partial charge in [0.1, 0.15) is 10.0 Å². The molecule has 192 valence electrons. The lowest BCUT2D eigenvalue weighted by Gasteiger charge is -2.25. The van der Waals surface area contributed by atoms with E-state index in [2.05, 4.69) is 27.0 Å². The van der Waals surface area contributed by atoms with Gasteiger partial charge in [-0.05, 0) is 49.2 Å². The first-order chi connectivity index (χ1) is 18.1. The van der Waals surface area contributed by atoms with Crippen molar-refractivity contribution in [2.24, 2.45) is 0 Å². The van der Waals surface area contributed by atoms with Crippen LogP contribution in [0.2, 0.25) is 0 Å². The van der Waals surface area contributed by atoms with E-state index in [9.17, 15) is 9.59 Å². The molecule has 7 nitrogen and oxygen atoms in total. The normalized spacial score (nSPS) is 13.2. The number of thiophene rings is 2. The largest absolute Gasteiger partial charge is 0.462 e. The fraction of sp³-hybridized carbons (Fsp3) is 0.286. The molecule has 9 heteroatoms. The molecule has 0 spiro atoms. The van der Waals surface area contributed by atoms with Crippen molar-refractivity contribution in [1.82, 2.24) is 14.8 Å². The summed E-state index contributed by atoms with van der Waals surface area (Å²) in [4.78, 5) is 30.4. The minimum atomic E-state index is -0.446. The number of aromatic nitrogens is 1. The molecule has 4 aromatic rings. The number of esters is 1. The monoisotopic (exact) mass is 534 g/mol. The number of carbonyl (C=O) groups excluding carboxylic acids is 2. The van der Waals surface area contributed by atoms with Crippen LogP contribution in [0.15, 0.2) is 60.9 Å². The first-order valence-electron chi connectivity index (χ1n) is 12.5. The summed E-state index contributed by atoms with van der Waals surface area (Å²) < 4.78 is 7.37. The molecule has 2 N–H and O–H groups in total. The highest BCUT2D eigenvalue weighted by Crippen LogP contribution is 2.37. The zero-order chi connectivity index (χ0) is 25.8. The summed E-state index contributed by atoms with van der Waals surface area (Å²) in [5.41, 5.74) is 3.84. The Morgan fingerprint density at radius 1 is 1.05 bits per heavy atom. The van der Waals surface area contributed by atoms with Crippen LogP contribution >= 0.6 is 22.7 Å². The number of hydrogen-bond donors (Lipinski definition) is 2. The fourth-order valence-corrected chi connectivity index (χ4v) is 6.96. The zero-order valence-corrected chi connectivity index (χ0v) is 22.6. The number of nitrogens with zero attached hydrogens (tertiary/aromatic N) is 2. The number of nitrogens with one attached hydrogen (secondary N) is 2. The summed E-state index contributed by atoms with van der Waals surface area (Å²) in [7, 11) is 0. The third-order valence-electron chi connectivity index (χ3n) is 6.45. The van der Waals surface area contributed by atoms with Crippen molar-refractivity contribution in [3.05, 3.63) is 82.5 Å². The van der Waals surface area contributed by atoms with E-state index < -0.39 is 5.97 Å². The highest BCUT2D eigenvalue weighted by atomic mass is 32.1. The molecule has 4 heterocycles. The summed E-state index contributed by atoms with van der Waals surface area (Å²) in [5.74, 6) is -0.446. The lowest BCUT2D eigenvalue weighted by Crippen LogP contribution is -2.31. The molecule has 0 bridgehead atoms. The number of hydrogen-bond acceptors (Lipinski definition) is 6. The van der Waals surface area contributed by atoms with E-state index in [4.69, 9.17) is 4.74 Å². The van der Waals surface area contributed by atoms with Gasteiger partial charge in [-0.1, -0.05) is 37.3 Å². The second kappa shape index (κ2) is 11.3. The van der Waals surface area contributed by atoms with Gasteiger partial charge in [0, 0.05) is 47.3 Å². The standard InChI is InChI=1S/C28H30N4O3S2/c1-3-31-15-12-20-22(26(37-24(20)18-31)32-13-8-9-14-32)17-29-28(34)30-25-21(27(33)35-4-2)16-23(36-25)19-10-6-5-7-11-19/h5-11,13-14,16H,3-4,12,15,17-18H2,1-2H3,(H2,29,30,34). The predicted octanol–water partition coefficient (Wildman–Crippen LogP) is 6.14. The van der Waals surface area contributed by atoms with Crippen LogP contribution in [0.3, 0.4) is 0 Å². The molecule has 0 atom stereocenters. The summed E-state index contributed by atoms with van der Waals surface area (Å²) >= 11 is 3.16. The molecular formula is C28H30N4O3S2. The van der Waals surface area contributed by atoms with Gasteiger partial charge in [0.2, 0.25) is 0 Å². The number of rotatable bonds is 8. The van der Waals surface area contributed by atoms with Crippen molar-refractivity contribution in [1.29, 1.82) is 0 Å². The molecule has 1 aliphatic rings. The zero-order valence-electron chi connectivity index (χ0n) is 21.0. The van der Waals surface area contributed by atoms with Gasteiger partial charge in [-0.2, -0.15) is 0 Å². The molecule has 37 heavy (non-hydrogen) atoms. The number of fused-ring (bicyclic) bond motifs is 1. The van der Waals surface area contributed by atoms with Crippen molar-refractivity contribution in [3.63, 3.8) is 0 Å². The smallest absolute Gasteiger partial charge is 0.341 e. The van der Waals surface area contributed by atoms with Gasteiger partial charge in [0.05, 0.1) is 12.2 Å². The molecule has 0 saturated heterocycles. The Balaban J connectivity index is 1.36. The Hall–Kier alpha value is -3.40. The van der Waals surface area contributed by atoms with E-state index >= 15 is 0 Å². The molecule has 5 rings (SSSR count). The number of amides is 2. The van der Waals surface area contributed by atoms with Crippen molar-refractivity contribution >= 4 is 39.7 Å². The Labute approximate surface area is 224 Å². The third kappa shape index (κ3) is 5.49. The van der Waals surface area contributed by atoms with Crippen LogP contribution in [0.1, 0.15) is 40.2 Å². The van der Waals surface area contributed by atoms with Crippen molar-refractivity contribution in [2.45, 2.75) is 33.4 Å². The maximum absolute atomic E-state index is 13.1. The molecule has 0 saturated carbocycles. The minimum absolute atomic E-state index is 0.266. The highest BCUT2D eigenvalue weighted by Gasteiger charge is 2.25. The molecule has 0 aliphatic carbocycles. The van der Waals surface area contributed by atoms with Gasteiger partial charge >= 0.3 is 12.0 Å². The maximum atomic E-state index is 13.1. The van der Waals surface area contributed by atoms with Crippen molar-refractivity contribution < 1.29 is 14.3 Å². The summed E-state index contributed by atoms with van der Waals surface area (Å²) in [6, 6.07) is 15.3. The van der Waals surface area contributed by atoms with Crippen LogP contribution in [-0.2, 0) is 24.2 Å². The minimum Gasteiger partial charge on any atom is -0.462 e. The van der Waals surface area contributed by atoms with Gasteiger partial charge in [0.15, 0.2) is 0 Å². The van der Waals surface area contributed by atoms with E-state index in [-0.39, 0.29) is 12.6 Å². The van der Waals surface area contributed by atoms with Crippen molar-refractivity contribution in [2.75, 3.05) is 25.0 Å². The number of urea groups is 1. The molecule has 0 fully saturated rings. The van der Waals surface area contributed by atoms with Crippen LogP contribution in [0, 0.1) is 0 Å². The number of likely N-dealkylation sites (N-methyl/N-ethyl adjacent to an activating group) is 1. The Morgan fingerprint density at radius 3 is 2.57 bits per heavy atom. The van der Waals surface area contributed by atoms with E-state index in [0.717, 1.165) is 47.1 Å². The second-order valence-corrected chi connectivity index (χ2v) is 10.9. The van der Waals surface area contributed by atoms with Gasteiger partial charge in [-0.3, -0.25) is 10.2 Å². The van der Waals surface area contributed by atoms with E-state index in [1.54, 1.807) is 24.3 Å². The van der Waals surface area contributed by atoms with Gasteiger partial charge < -0.3 is 14.6 Å². The first kappa shape index (κ1) is 25.3. The lowest BCUT2D eigenvalue weighted by atomic mass is 10.0. The quantitative estimate of drug-likeness (QED) is 0.266. The average Bonchev–Trinajstić information content (AvgIpc) is 3.66. The van der Waals surface area contributed by atoms with E-state index in [1.807, 2.05) is 54.9 Å². The van der Waals surface area contributed by atoms with Gasteiger partial charge in [-0.15, -0.1) is 22.7 Å². The first-order valence-corrected chi connectivity index (χ1v) is 14.1. The molecule has 2 amide bonds. The summed E-state index contributed by atoms with van der Waals surface area (Å²) in [6.45, 7) is 7.62. The Bertz CT molecular complexity index is 1380. The van der Waals surface area contributed by atoms with Crippen LogP contribution in [0.4, 0.5) is 9.80 Å². The van der Waals surface area contributed by atoms with Crippen LogP contribution < -0.4 is 10.6 Å². The molecule has 1 aromatic carbocycles. The van der Waals surface area contributed by atoms with E-state index in [1.165, 1.54) is 21.8 Å². The number of ether oxygens (including phenoxy) is 1. The number of carbonyl (C=O) groups is 2. The van der Waals surface area contributed by atoms with E-state index in [0.29, 0.717) is 17.1 Å². The SMILES string of the molecule is CCOC(=O)c1cc(-c2ccccc2)sc1NC(=O)NCc1c(-n2cccc2)sc2c1CCN(CC)C2. The van der Waals surface area contributed by atoms with Crippen molar-refractivity contribution in [3.8, 4) is 15.4 Å². The van der Waals surface area contributed by atoms with Crippen LogP contribution in [0.25, 0.3) is 15.4 Å². The lowest BCUT2D eigenvalue weighted by molar-refractivity contribution is 0.0528. The molecule has 3 aromatic heterocycles. The molecular weight excluding hydrogens is 504 g/mol. The molecule has 1 aliphatic heterocycles. The van der Waals surface area contributed by atoms with Crippen LogP contribution in [-0.4, -0.2) is 41.2 Å². The fourth-order valence-electron chi connectivity index (χ4n) is 4.54. The Morgan fingerprint density at radius 2 is 1.84 bits per heavy atom. The topological polar surface area (TPSA) is 75.6 Å². The molecule has 0 unspecified atom stereocenters. The van der Waals surface area contributed by atoms with Gasteiger partial charge in [0.25, 0.3) is 0 Å². The maximum Gasteiger partial charge on any atom is 0.341 e. The molecule has 0 radical (unpaired) electrons. The summed E-state index contributed by atoms with van der Waals surface area (Å²) in [6.07, 6.45) is 5.06.